The van der Waals surface area contributed by atoms with Gasteiger partial charge in [0, 0.05) is 12.7 Å². The third-order valence-electron chi connectivity index (χ3n) is 1.88. The first kappa shape index (κ1) is 8.07. The molecular formula is C9H9NO3. The molecule has 1 aromatic rings. The highest BCUT2D eigenvalue weighted by atomic mass is 16.7. The molecule has 13 heavy (non-hydrogen) atoms. The van der Waals surface area contributed by atoms with Gasteiger partial charge < -0.3 is 9.47 Å². The number of anilines is 1. The van der Waals surface area contributed by atoms with Crippen LogP contribution in [0.25, 0.3) is 0 Å². The Hall–Kier alpha value is -1.55. The van der Waals surface area contributed by atoms with Crippen LogP contribution in [0, 0.1) is 0 Å². The quantitative estimate of drug-likeness (QED) is 0.716. The number of para-hydroxylation sites is 1. The molecule has 1 aliphatic rings. The van der Waals surface area contributed by atoms with E-state index >= 15 is 0 Å². The van der Waals surface area contributed by atoms with Gasteiger partial charge in [0.25, 0.3) is 0 Å². The summed E-state index contributed by atoms with van der Waals surface area (Å²) in [4.78, 5) is 11.0. The molecule has 4 nitrogen and oxygen atoms in total. The van der Waals surface area contributed by atoms with Gasteiger partial charge in [0.15, 0.2) is 0 Å². The second-order valence-corrected chi connectivity index (χ2v) is 2.69. The third kappa shape index (κ3) is 1.36. The molecule has 0 aromatic heterocycles. The molecule has 0 aliphatic carbocycles. The van der Waals surface area contributed by atoms with Crippen molar-refractivity contribution in [1.82, 2.24) is 0 Å². The maximum absolute atomic E-state index is 11.0. The van der Waals surface area contributed by atoms with E-state index in [0.717, 1.165) is 11.3 Å². The van der Waals surface area contributed by atoms with Gasteiger partial charge in [-0.1, -0.05) is 18.2 Å². The Morgan fingerprint density at radius 3 is 3.00 bits per heavy atom. The molecule has 1 unspecified atom stereocenters. The summed E-state index contributed by atoms with van der Waals surface area (Å²) in [6.45, 7) is 0. The Bertz CT molecular complexity index is 337. The number of rotatable bonds is 1. The molecule has 1 atom stereocenters. The molecule has 0 fully saturated rings. The molecule has 1 aromatic carbocycles. The van der Waals surface area contributed by atoms with Crippen molar-refractivity contribution in [2.24, 2.45) is 0 Å². The number of carbonyl (C=O) groups excluding carboxylic acids is 1. The highest BCUT2D eigenvalue weighted by Gasteiger charge is 2.24. The van der Waals surface area contributed by atoms with Crippen LogP contribution in [0.15, 0.2) is 24.3 Å². The first-order valence-corrected chi connectivity index (χ1v) is 3.90. The van der Waals surface area contributed by atoms with E-state index in [9.17, 15) is 4.79 Å². The maximum Gasteiger partial charge on any atom is 0.414 e. The minimum absolute atomic E-state index is 0.481. The second kappa shape index (κ2) is 3.06. The molecule has 68 valence electrons. The molecule has 0 saturated carbocycles. The SMILES string of the molecule is COC1OC(=O)Nc2ccccc21. The zero-order valence-corrected chi connectivity index (χ0v) is 7.11. The summed E-state index contributed by atoms with van der Waals surface area (Å²) in [5, 5.41) is 2.58. The molecule has 1 amide bonds. The van der Waals surface area contributed by atoms with Crippen molar-refractivity contribution in [3.8, 4) is 0 Å². The summed E-state index contributed by atoms with van der Waals surface area (Å²) in [6, 6.07) is 7.37. The van der Waals surface area contributed by atoms with E-state index in [1.807, 2.05) is 24.3 Å². The van der Waals surface area contributed by atoms with Gasteiger partial charge in [-0.3, -0.25) is 5.32 Å². The van der Waals surface area contributed by atoms with Crippen molar-refractivity contribution >= 4 is 11.8 Å². The average molecular weight is 179 g/mol. The Morgan fingerprint density at radius 2 is 2.23 bits per heavy atom. The summed E-state index contributed by atoms with van der Waals surface area (Å²) in [6.07, 6.45) is -1.07. The summed E-state index contributed by atoms with van der Waals surface area (Å²) >= 11 is 0. The van der Waals surface area contributed by atoms with Crippen LogP contribution in [0.3, 0.4) is 0 Å². The van der Waals surface area contributed by atoms with Gasteiger partial charge in [0.05, 0.1) is 5.69 Å². The van der Waals surface area contributed by atoms with Crippen LogP contribution in [-0.4, -0.2) is 13.2 Å². The lowest BCUT2D eigenvalue weighted by atomic mass is 10.1. The highest BCUT2D eigenvalue weighted by molar-refractivity contribution is 5.87. The number of cyclic esters (lactones) is 1. The van der Waals surface area contributed by atoms with E-state index in [0.29, 0.717) is 0 Å². The van der Waals surface area contributed by atoms with E-state index in [2.05, 4.69) is 5.32 Å². The molecule has 1 aliphatic heterocycles. The molecule has 2 rings (SSSR count). The van der Waals surface area contributed by atoms with Crippen molar-refractivity contribution in [2.45, 2.75) is 6.29 Å². The van der Waals surface area contributed by atoms with E-state index in [1.54, 1.807) is 0 Å². The first-order valence-electron chi connectivity index (χ1n) is 3.90. The van der Waals surface area contributed by atoms with Crippen LogP contribution >= 0.6 is 0 Å². The van der Waals surface area contributed by atoms with Crippen molar-refractivity contribution in [2.75, 3.05) is 12.4 Å². The molecule has 4 heteroatoms. The van der Waals surface area contributed by atoms with Crippen molar-refractivity contribution < 1.29 is 14.3 Å². The summed E-state index contributed by atoms with van der Waals surface area (Å²) in [5.74, 6) is 0. The van der Waals surface area contributed by atoms with Crippen LogP contribution in [0.4, 0.5) is 10.5 Å². The predicted molar refractivity (Wildman–Crippen MR) is 46.3 cm³/mol. The topological polar surface area (TPSA) is 47.6 Å². The van der Waals surface area contributed by atoms with E-state index in [1.165, 1.54) is 7.11 Å². The van der Waals surface area contributed by atoms with Crippen LogP contribution in [0.2, 0.25) is 0 Å². The van der Waals surface area contributed by atoms with Crippen molar-refractivity contribution in [3.05, 3.63) is 29.8 Å². The monoisotopic (exact) mass is 179 g/mol. The van der Waals surface area contributed by atoms with E-state index in [4.69, 9.17) is 9.47 Å². The fraction of sp³-hybridized carbons (Fsp3) is 0.222. The highest BCUT2D eigenvalue weighted by Crippen LogP contribution is 2.30. The second-order valence-electron chi connectivity index (χ2n) is 2.69. The molecular weight excluding hydrogens is 170 g/mol. The molecule has 0 saturated heterocycles. The van der Waals surface area contributed by atoms with Gasteiger partial charge in [0.1, 0.15) is 0 Å². The van der Waals surface area contributed by atoms with Gasteiger partial charge >= 0.3 is 6.09 Å². The van der Waals surface area contributed by atoms with Crippen LogP contribution in [-0.2, 0) is 9.47 Å². The lowest BCUT2D eigenvalue weighted by Gasteiger charge is -2.24. The number of hydrogen-bond acceptors (Lipinski definition) is 3. The van der Waals surface area contributed by atoms with Crippen LogP contribution in [0.5, 0.6) is 0 Å². The molecule has 0 radical (unpaired) electrons. The fourth-order valence-electron chi connectivity index (χ4n) is 1.29. The number of fused-ring (bicyclic) bond motifs is 1. The van der Waals surface area contributed by atoms with Crippen LogP contribution in [0.1, 0.15) is 11.9 Å². The number of benzene rings is 1. The van der Waals surface area contributed by atoms with Gasteiger partial charge in [0.2, 0.25) is 6.29 Å². The number of nitrogens with one attached hydrogen (secondary N) is 1. The Labute approximate surface area is 75.5 Å². The minimum Gasteiger partial charge on any atom is -0.415 e. The maximum atomic E-state index is 11.0. The Kier molecular flexibility index (Phi) is 1.90. The van der Waals surface area contributed by atoms with Gasteiger partial charge in [-0.2, -0.15) is 0 Å². The van der Waals surface area contributed by atoms with Gasteiger partial charge in [-0.15, -0.1) is 0 Å². The average Bonchev–Trinajstić information content (AvgIpc) is 2.16. The third-order valence-corrected chi connectivity index (χ3v) is 1.88. The fourth-order valence-corrected chi connectivity index (χ4v) is 1.29. The predicted octanol–water partition coefficient (Wildman–Crippen LogP) is 1.89. The molecule has 0 bridgehead atoms. The lowest BCUT2D eigenvalue weighted by molar-refractivity contribution is -0.0828. The number of carbonyl (C=O) groups is 1. The van der Waals surface area contributed by atoms with E-state index in [-0.39, 0.29) is 0 Å². The molecule has 1 heterocycles. The van der Waals surface area contributed by atoms with Crippen LogP contribution < -0.4 is 5.32 Å². The largest absolute Gasteiger partial charge is 0.415 e. The molecule has 0 spiro atoms. The Morgan fingerprint density at radius 1 is 1.46 bits per heavy atom. The lowest BCUT2D eigenvalue weighted by Crippen LogP contribution is -2.25. The number of hydrogen-bond donors (Lipinski definition) is 1. The first-order chi connectivity index (χ1) is 6.31. The van der Waals surface area contributed by atoms with Gasteiger partial charge in [-0.25, -0.2) is 4.79 Å². The number of amides is 1. The van der Waals surface area contributed by atoms with E-state index < -0.39 is 12.4 Å². The van der Waals surface area contributed by atoms with Gasteiger partial charge in [-0.05, 0) is 6.07 Å². The Balaban J connectivity index is 2.42. The van der Waals surface area contributed by atoms with Crippen molar-refractivity contribution in [1.29, 1.82) is 0 Å². The number of methoxy groups -OCH3 is 1. The van der Waals surface area contributed by atoms with Crippen molar-refractivity contribution in [3.63, 3.8) is 0 Å². The zero-order chi connectivity index (χ0) is 9.26. The summed E-state index contributed by atoms with van der Waals surface area (Å²) in [5.41, 5.74) is 1.58. The minimum atomic E-state index is -0.593. The normalized spacial score (nSPS) is 20.1. The summed E-state index contributed by atoms with van der Waals surface area (Å²) in [7, 11) is 1.50. The smallest absolute Gasteiger partial charge is 0.414 e. The standard InChI is InChI=1S/C9H9NO3/c1-12-8-6-4-2-3-5-7(6)10-9(11)13-8/h2-5,8H,1H3,(H,10,11). The summed E-state index contributed by atoms with van der Waals surface area (Å²) < 4.78 is 9.89. The molecule has 1 N–H and O–H groups in total. The zero-order valence-electron chi connectivity index (χ0n) is 7.11. The number of ether oxygens (including phenoxy) is 2.